The van der Waals surface area contributed by atoms with Crippen LogP contribution in [0.15, 0.2) is 6.07 Å². The minimum atomic E-state index is -1.88. The summed E-state index contributed by atoms with van der Waals surface area (Å²) in [6.45, 7) is 7.84. The van der Waals surface area contributed by atoms with E-state index in [1.165, 1.54) is 6.07 Å². The maximum Gasteiger partial charge on any atom is 0.253 e. The highest BCUT2D eigenvalue weighted by Gasteiger charge is 2.35. The molecule has 2 unspecified atom stereocenters. The third-order valence-corrected chi connectivity index (χ3v) is 5.63. The van der Waals surface area contributed by atoms with Gasteiger partial charge in [-0.25, -0.2) is 8.60 Å². The molecule has 1 aromatic rings. The van der Waals surface area contributed by atoms with Crippen molar-refractivity contribution in [2.45, 2.75) is 39.7 Å². The first-order chi connectivity index (χ1) is 12.2. The van der Waals surface area contributed by atoms with Crippen molar-refractivity contribution in [3.8, 4) is 5.75 Å². The van der Waals surface area contributed by atoms with E-state index in [2.05, 4.69) is 36.1 Å². The molecule has 1 saturated heterocycles. The number of phenols is 1. The summed E-state index contributed by atoms with van der Waals surface area (Å²) in [7, 11) is 0. The summed E-state index contributed by atoms with van der Waals surface area (Å²) >= 11 is -1.88. The summed E-state index contributed by atoms with van der Waals surface area (Å²) in [6, 6.07) is 1.45. The molecule has 1 aromatic carbocycles. The Morgan fingerprint density at radius 1 is 1.46 bits per heavy atom. The molecule has 0 spiro atoms. The first-order valence-electron chi connectivity index (χ1n) is 8.66. The van der Waals surface area contributed by atoms with Crippen LogP contribution in [-0.2, 0) is 22.4 Å². The zero-order valence-electron chi connectivity index (χ0n) is 15.2. The lowest BCUT2D eigenvalue weighted by molar-refractivity contribution is -0.117. The van der Waals surface area contributed by atoms with E-state index < -0.39 is 22.9 Å². The van der Waals surface area contributed by atoms with Crippen LogP contribution in [0.3, 0.4) is 0 Å². The van der Waals surface area contributed by atoms with Crippen LogP contribution < -0.4 is 19.7 Å². The van der Waals surface area contributed by atoms with Gasteiger partial charge in [0.25, 0.3) is 5.91 Å². The zero-order chi connectivity index (χ0) is 19.1. The maximum absolute atomic E-state index is 15.0. The van der Waals surface area contributed by atoms with Gasteiger partial charge >= 0.3 is 0 Å². The number of hydrogen-bond donors (Lipinski definition) is 4. The van der Waals surface area contributed by atoms with Crippen molar-refractivity contribution >= 4 is 28.5 Å². The zero-order valence-corrected chi connectivity index (χ0v) is 16.0. The Morgan fingerprint density at radius 3 is 2.81 bits per heavy atom. The SMILES string of the molecule is CC(C)(C)CCNCC1Cc2c(cc(O)c(N3CC(=O)NS3=O)c2F)N1. The summed E-state index contributed by atoms with van der Waals surface area (Å²) in [6.07, 6.45) is 1.49. The van der Waals surface area contributed by atoms with Gasteiger partial charge in [0, 0.05) is 29.9 Å². The smallest absolute Gasteiger partial charge is 0.253 e. The maximum atomic E-state index is 15.0. The topological polar surface area (TPSA) is 93.7 Å². The molecule has 26 heavy (non-hydrogen) atoms. The van der Waals surface area contributed by atoms with Gasteiger partial charge in [0.15, 0.2) is 5.82 Å². The average Bonchev–Trinajstić information content (AvgIpc) is 3.06. The molecule has 0 aromatic heterocycles. The van der Waals surface area contributed by atoms with Gasteiger partial charge in [-0.2, -0.15) is 0 Å². The van der Waals surface area contributed by atoms with Gasteiger partial charge in [0.05, 0.1) is 0 Å². The van der Waals surface area contributed by atoms with Gasteiger partial charge in [0.1, 0.15) is 18.0 Å². The highest BCUT2D eigenvalue weighted by Crippen LogP contribution is 2.41. The quantitative estimate of drug-likeness (QED) is 0.576. The number of aromatic hydroxyl groups is 1. The van der Waals surface area contributed by atoms with Gasteiger partial charge in [-0.3, -0.25) is 13.8 Å². The number of amides is 1. The second-order valence-corrected chi connectivity index (χ2v) is 9.10. The minimum absolute atomic E-state index is 0.0120. The highest BCUT2D eigenvalue weighted by molar-refractivity contribution is 7.85. The molecule has 2 aliphatic rings. The third-order valence-electron chi connectivity index (χ3n) is 4.51. The number of hydrogen-bond acceptors (Lipinski definition) is 5. The Labute approximate surface area is 155 Å². The summed E-state index contributed by atoms with van der Waals surface area (Å²) in [4.78, 5) is 11.4. The van der Waals surface area contributed by atoms with E-state index in [-0.39, 0.29) is 29.4 Å². The molecular weight excluding hydrogens is 359 g/mol. The number of carbonyl (C=O) groups is 1. The van der Waals surface area contributed by atoms with E-state index >= 15 is 0 Å². The number of fused-ring (bicyclic) bond motifs is 1. The van der Waals surface area contributed by atoms with Gasteiger partial charge < -0.3 is 15.7 Å². The molecule has 4 N–H and O–H groups in total. The minimum Gasteiger partial charge on any atom is -0.506 e. The Hall–Kier alpha value is -1.87. The third kappa shape index (κ3) is 3.93. The molecular formula is C17H25FN4O3S. The molecule has 1 fully saturated rings. The molecule has 2 atom stereocenters. The lowest BCUT2D eigenvalue weighted by atomic mass is 9.92. The Morgan fingerprint density at radius 2 is 2.19 bits per heavy atom. The molecule has 3 rings (SSSR count). The molecule has 0 saturated carbocycles. The predicted molar refractivity (Wildman–Crippen MR) is 99.8 cm³/mol. The normalized spacial score (nSPS) is 22.3. The Kier molecular flexibility index (Phi) is 5.12. The van der Waals surface area contributed by atoms with Crippen LogP contribution in [-0.4, -0.2) is 40.9 Å². The van der Waals surface area contributed by atoms with E-state index in [0.717, 1.165) is 17.3 Å². The second-order valence-electron chi connectivity index (χ2n) is 7.96. The number of anilines is 2. The number of nitrogens with zero attached hydrogens (tertiary/aromatic N) is 1. The molecule has 7 nitrogen and oxygen atoms in total. The number of carbonyl (C=O) groups excluding carboxylic acids is 1. The van der Waals surface area contributed by atoms with E-state index in [9.17, 15) is 18.5 Å². The van der Waals surface area contributed by atoms with Crippen molar-refractivity contribution in [1.82, 2.24) is 10.0 Å². The molecule has 9 heteroatoms. The van der Waals surface area contributed by atoms with Crippen LogP contribution in [0.4, 0.5) is 15.8 Å². The fourth-order valence-corrected chi connectivity index (χ4v) is 4.09. The number of benzene rings is 1. The molecule has 1 amide bonds. The van der Waals surface area contributed by atoms with Crippen molar-refractivity contribution in [2.75, 3.05) is 29.3 Å². The molecule has 2 heterocycles. The molecule has 0 bridgehead atoms. The fourth-order valence-electron chi connectivity index (χ4n) is 3.15. The van der Waals surface area contributed by atoms with Gasteiger partial charge in [-0.1, -0.05) is 20.8 Å². The van der Waals surface area contributed by atoms with E-state index in [0.29, 0.717) is 24.2 Å². The molecule has 144 valence electrons. The van der Waals surface area contributed by atoms with Crippen molar-refractivity contribution in [1.29, 1.82) is 0 Å². The number of phenolic OH excluding ortho intramolecular Hbond substituents is 1. The predicted octanol–water partition coefficient (Wildman–Crippen LogP) is 1.41. The van der Waals surface area contributed by atoms with E-state index in [4.69, 9.17) is 0 Å². The van der Waals surface area contributed by atoms with Crippen molar-refractivity contribution in [2.24, 2.45) is 5.41 Å². The van der Waals surface area contributed by atoms with E-state index in [1.807, 2.05) is 0 Å². The summed E-state index contributed by atoms with van der Waals surface area (Å²) in [5, 5.41) is 16.8. The summed E-state index contributed by atoms with van der Waals surface area (Å²) in [5.74, 6) is -1.43. The average molecular weight is 384 g/mol. The van der Waals surface area contributed by atoms with Crippen LogP contribution in [0.2, 0.25) is 0 Å². The Balaban J connectivity index is 1.70. The van der Waals surface area contributed by atoms with Crippen LogP contribution in [0.25, 0.3) is 0 Å². The monoisotopic (exact) mass is 384 g/mol. The number of nitrogens with one attached hydrogen (secondary N) is 3. The second kappa shape index (κ2) is 7.03. The van der Waals surface area contributed by atoms with Gasteiger partial charge in [0.2, 0.25) is 11.2 Å². The number of halogens is 1. The van der Waals surface area contributed by atoms with Crippen LogP contribution >= 0.6 is 0 Å². The molecule has 0 aliphatic carbocycles. The number of rotatable bonds is 5. The molecule has 0 radical (unpaired) electrons. The van der Waals surface area contributed by atoms with Crippen molar-refractivity contribution in [3.05, 3.63) is 17.4 Å². The van der Waals surface area contributed by atoms with Crippen LogP contribution in [0.1, 0.15) is 32.8 Å². The van der Waals surface area contributed by atoms with Crippen molar-refractivity contribution in [3.63, 3.8) is 0 Å². The first kappa shape index (κ1) is 18.9. The largest absolute Gasteiger partial charge is 0.506 e. The lowest BCUT2D eigenvalue weighted by Gasteiger charge is -2.19. The lowest BCUT2D eigenvalue weighted by Crippen LogP contribution is -2.33. The first-order valence-corrected chi connectivity index (χ1v) is 9.77. The van der Waals surface area contributed by atoms with Gasteiger partial charge in [-0.05, 0) is 24.8 Å². The van der Waals surface area contributed by atoms with Crippen LogP contribution in [0.5, 0.6) is 5.75 Å². The molecule has 2 aliphatic heterocycles. The Bertz CT molecular complexity index is 751. The fraction of sp³-hybridized carbons (Fsp3) is 0.588. The van der Waals surface area contributed by atoms with Crippen LogP contribution in [0, 0.1) is 11.2 Å². The van der Waals surface area contributed by atoms with Gasteiger partial charge in [-0.15, -0.1) is 0 Å². The summed E-state index contributed by atoms with van der Waals surface area (Å²) < 4.78 is 30.1. The standard InChI is InChI=1S/C17H25FN4O3S/c1-17(2,3)4-5-19-8-10-6-11-12(20-10)7-13(23)16(15(11)18)22-9-14(24)21-26(22)25/h7,10,19-20,23H,4-6,8-9H2,1-3H3,(H,21,24). The summed E-state index contributed by atoms with van der Waals surface area (Å²) in [5.41, 5.74) is 1.04. The van der Waals surface area contributed by atoms with Crippen molar-refractivity contribution < 1.29 is 18.5 Å². The highest BCUT2D eigenvalue weighted by atomic mass is 32.2. The van der Waals surface area contributed by atoms with E-state index in [1.54, 1.807) is 0 Å².